The van der Waals surface area contributed by atoms with Crippen LogP contribution in [0.25, 0.3) is 5.69 Å². The van der Waals surface area contributed by atoms with Gasteiger partial charge in [0.05, 0.1) is 16.8 Å². The summed E-state index contributed by atoms with van der Waals surface area (Å²) in [7, 11) is 0. The van der Waals surface area contributed by atoms with Crippen molar-refractivity contribution >= 4 is 35.5 Å². The summed E-state index contributed by atoms with van der Waals surface area (Å²) < 4.78 is 2.11. The molecule has 0 fully saturated rings. The molecule has 0 saturated heterocycles. The standard InChI is InChI=1S/C19H14N4OS/c20-17-16-14(11-15(25)22(17)12-7-3-1-4-8-12)19(24)23(18(16)21)13-9-5-2-6-10-13/h1-11,21H,20H2. The molecule has 0 radical (unpaired) electrons. The number of carbonyl (C=O) groups excluding carboxylic acids is 1. The van der Waals surface area contributed by atoms with Gasteiger partial charge in [0.15, 0.2) is 0 Å². The molecule has 0 saturated carbocycles. The van der Waals surface area contributed by atoms with Crippen molar-refractivity contribution in [1.29, 1.82) is 5.41 Å². The fourth-order valence-electron chi connectivity index (χ4n) is 3.05. The number of benzene rings is 2. The van der Waals surface area contributed by atoms with Crippen LogP contribution in [-0.4, -0.2) is 16.3 Å². The quantitative estimate of drug-likeness (QED) is 0.694. The third-order valence-electron chi connectivity index (χ3n) is 4.18. The SMILES string of the molecule is N=C1c2c(cc(=S)n(-c3ccccc3)c2N)C(=O)N1c1ccccc1. The second-order valence-corrected chi connectivity index (χ2v) is 6.07. The van der Waals surface area contributed by atoms with Gasteiger partial charge in [0.2, 0.25) is 0 Å². The second-order valence-electron chi connectivity index (χ2n) is 5.65. The van der Waals surface area contributed by atoms with Crippen LogP contribution < -0.4 is 10.6 Å². The number of nitrogens with two attached hydrogens (primary N) is 1. The number of anilines is 2. The zero-order valence-electron chi connectivity index (χ0n) is 13.1. The highest BCUT2D eigenvalue weighted by Crippen LogP contribution is 2.33. The van der Waals surface area contributed by atoms with Crippen molar-refractivity contribution in [2.45, 2.75) is 0 Å². The van der Waals surface area contributed by atoms with Crippen molar-refractivity contribution in [3.8, 4) is 5.69 Å². The van der Waals surface area contributed by atoms with Crippen molar-refractivity contribution in [1.82, 2.24) is 4.57 Å². The van der Waals surface area contributed by atoms with Crippen LogP contribution in [-0.2, 0) is 0 Å². The van der Waals surface area contributed by atoms with E-state index >= 15 is 0 Å². The Balaban J connectivity index is 1.93. The van der Waals surface area contributed by atoms with Crippen LogP contribution in [0.5, 0.6) is 0 Å². The molecule has 5 nitrogen and oxygen atoms in total. The summed E-state index contributed by atoms with van der Waals surface area (Å²) >= 11 is 5.45. The summed E-state index contributed by atoms with van der Waals surface area (Å²) in [5, 5.41) is 8.50. The number of aromatic nitrogens is 1. The molecule has 3 N–H and O–H groups in total. The summed E-state index contributed by atoms with van der Waals surface area (Å²) in [4.78, 5) is 14.2. The monoisotopic (exact) mass is 346 g/mol. The molecule has 2 aromatic carbocycles. The molecule has 0 bridgehead atoms. The highest BCUT2D eigenvalue weighted by Gasteiger charge is 2.36. The minimum absolute atomic E-state index is 0.0587. The van der Waals surface area contributed by atoms with Gasteiger partial charge in [-0.05, 0) is 30.3 Å². The Morgan fingerprint density at radius 3 is 2.08 bits per heavy atom. The maximum Gasteiger partial charge on any atom is 0.265 e. The average Bonchev–Trinajstić information content (AvgIpc) is 2.87. The van der Waals surface area contributed by atoms with Gasteiger partial charge in [-0.15, -0.1) is 0 Å². The summed E-state index contributed by atoms with van der Waals surface area (Å²) in [5.41, 5.74) is 8.54. The Morgan fingerprint density at radius 2 is 1.48 bits per heavy atom. The average molecular weight is 346 g/mol. The van der Waals surface area contributed by atoms with E-state index in [1.165, 1.54) is 4.90 Å². The smallest absolute Gasteiger partial charge is 0.265 e. The Morgan fingerprint density at radius 1 is 0.920 bits per heavy atom. The number of para-hydroxylation sites is 2. The normalized spacial score (nSPS) is 13.2. The molecule has 2 heterocycles. The first kappa shape index (κ1) is 15.3. The molecule has 1 amide bonds. The number of hydrogen-bond donors (Lipinski definition) is 2. The minimum atomic E-state index is -0.288. The number of pyridine rings is 1. The maximum absolute atomic E-state index is 12.8. The van der Waals surface area contributed by atoms with Crippen molar-refractivity contribution in [3.05, 3.63) is 82.5 Å². The van der Waals surface area contributed by atoms with Gasteiger partial charge in [0.1, 0.15) is 16.3 Å². The first-order chi connectivity index (χ1) is 12.1. The predicted octanol–water partition coefficient (Wildman–Crippen LogP) is 3.77. The molecule has 4 rings (SSSR count). The molecule has 25 heavy (non-hydrogen) atoms. The number of hydrogen-bond acceptors (Lipinski definition) is 4. The molecule has 6 heteroatoms. The van der Waals surface area contributed by atoms with Gasteiger partial charge in [-0.3, -0.25) is 19.7 Å². The van der Waals surface area contributed by atoms with E-state index in [1.54, 1.807) is 22.8 Å². The lowest BCUT2D eigenvalue weighted by molar-refractivity contribution is 0.101. The van der Waals surface area contributed by atoms with Gasteiger partial charge < -0.3 is 5.73 Å². The highest BCUT2D eigenvalue weighted by atomic mass is 32.1. The second kappa shape index (κ2) is 5.68. The number of nitrogens with zero attached hydrogens (tertiary/aromatic N) is 2. The van der Waals surface area contributed by atoms with E-state index in [2.05, 4.69) is 0 Å². The fraction of sp³-hybridized carbons (Fsp3) is 0. The van der Waals surface area contributed by atoms with Crippen LogP contribution in [0.2, 0.25) is 0 Å². The van der Waals surface area contributed by atoms with Crippen molar-refractivity contribution in [2.24, 2.45) is 0 Å². The molecule has 0 spiro atoms. The number of nitrogen functional groups attached to an aromatic ring is 1. The van der Waals surface area contributed by atoms with Crippen LogP contribution in [0.4, 0.5) is 11.5 Å². The van der Waals surface area contributed by atoms with Crippen LogP contribution in [0.3, 0.4) is 0 Å². The number of amidine groups is 1. The van der Waals surface area contributed by atoms with Gasteiger partial charge in [-0.1, -0.05) is 48.6 Å². The fourth-order valence-corrected chi connectivity index (χ4v) is 3.37. The molecule has 3 aromatic rings. The molecule has 1 aliphatic rings. The van der Waals surface area contributed by atoms with Crippen molar-refractivity contribution < 1.29 is 4.79 Å². The van der Waals surface area contributed by atoms with E-state index < -0.39 is 0 Å². The van der Waals surface area contributed by atoms with Gasteiger partial charge in [-0.25, -0.2) is 0 Å². The van der Waals surface area contributed by atoms with E-state index in [4.69, 9.17) is 23.4 Å². The molecular weight excluding hydrogens is 332 g/mol. The van der Waals surface area contributed by atoms with E-state index in [-0.39, 0.29) is 11.7 Å². The van der Waals surface area contributed by atoms with Gasteiger partial charge in [0, 0.05) is 5.69 Å². The molecule has 122 valence electrons. The number of fused-ring (bicyclic) bond motifs is 1. The summed E-state index contributed by atoms with van der Waals surface area (Å²) in [6.07, 6.45) is 0. The highest BCUT2D eigenvalue weighted by molar-refractivity contribution is 7.71. The minimum Gasteiger partial charge on any atom is -0.384 e. The predicted molar refractivity (Wildman–Crippen MR) is 101 cm³/mol. The zero-order chi connectivity index (χ0) is 17.6. The first-order valence-corrected chi connectivity index (χ1v) is 8.10. The molecule has 0 atom stereocenters. The number of carbonyl (C=O) groups is 1. The lowest BCUT2D eigenvalue weighted by Gasteiger charge is -2.16. The van der Waals surface area contributed by atoms with Gasteiger partial charge >= 0.3 is 0 Å². The summed E-state index contributed by atoms with van der Waals surface area (Å²) in [5.74, 6) is 0.0677. The maximum atomic E-state index is 12.8. The van der Waals surface area contributed by atoms with Crippen LogP contribution in [0.15, 0.2) is 66.7 Å². The Bertz CT molecular complexity index is 1060. The summed E-state index contributed by atoms with van der Waals surface area (Å²) in [6.45, 7) is 0. The molecule has 1 aromatic heterocycles. The topological polar surface area (TPSA) is 75.1 Å². The number of amides is 1. The van der Waals surface area contributed by atoms with E-state index in [0.717, 1.165) is 5.69 Å². The third-order valence-corrected chi connectivity index (χ3v) is 4.48. The Hall–Kier alpha value is -3.25. The molecule has 1 aliphatic heterocycles. The molecular formula is C19H14N4OS. The first-order valence-electron chi connectivity index (χ1n) is 7.69. The van der Waals surface area contributed by atoms with E-state index in [9.17, 15) is 4.79 Å². The third kappa shape index (κ3) is 2.27. The number of rotatable bonds is 2. The van der Waals surface area contributed by atoms with E-state index in [0.29, 0.717) is 27.3 Å². The van der Waals surface area contributed by atoms with Gasteiger partial charge in [0.25, 0.3) is 5.91 Å². The largest absolute Gasteiger partial charge is 0.384 e. The Kier molecular flexibility index (Phi) is 3.47. The summed E-state index contributed by atoms with van der Waals surface area (Å²) in [6, 6.07) is 20.1. The lowest BCUT2D eigenvalue weighted by Crippen LogP contribution is -2.29. The van der Waals surface area contributed by atoms with Crippen LogP contribution in [0.1, 0.15) is 15.9 Å². The molecule has 0 aliphatic carbocycles. The molecule has 0 unspecified atom stereocenters. The van der Waals surface area contributed by atoms with Crippen molar-refractivity contribution in [3.63, 3.8) is 0 Å². The Labute approximate surface area is 149 Å². The van der Waals surface area contributed by atoms with Crippen LogP contribution in [0, 0.1) is 10.0 Å². The van der Waals surface area contributed by atoms with Gasteiger partial charge in [-0.2, -0.15) is 0 Å². The van der Waals surface area contributed by atoms with Crippen molar-refractivity contribution in [2.75, 3.05) is 10.6 Å². The lowest BCUT2D eigenvalue weighted by atomic mass is 10.1. The van der Waals surface area contributed by atoms with Crippen LogP contribution >= 0.6 is 12.2 Å². The van der Waals surface area contributed by atoms with E-state index in [1.807, 2.05) is 48.5 Å². The zero-order valence-corrected chi connectivity index (χ0v) is 14.0. The number of nitrogens with one attached hydrogen (secondary N) is 1.